The summed E-state index contributed by atoms with van der Waals surface area (Å²) in [5.41, 5.74) is 2.71. The number of nitrogens with zero attached hydrogens (tertiary/aromatic N) is 5. The fraction of sp³-hybridized carbons (Fsp3) is 0.107. The summed E-state index contributed by atoms with van der Waals surface area (Å²) in [4.78, 5) is 11.4. The predicted octanol–water partition coefficient (Wildman–Crippen LogP) is 6.30. The summed E-state index contributed by atoms with van der Waals surface area (Å²) in [6, 6.07) is 21.3. The molecule has 0 unspecified atom stereocenters. The third kappa shape index (κ3) is 4.91. The first-order valence-electron chi connectivity index (χ1n) is 10.8. The summed E-state index contributed by atoms with van der Waals surface area (Å²) >= 11 is 4.22. The Morgan fingerprint density at radius 3 is 2.05 bits per heavy atom. The first-order chi connectivity index (χ1) is 17.7. The quantitative estimate of drug-likeness (QED) is 0.181. The number of aliphatic hydroxyl groups is 1. The molecule has 0 fully saturated rings. The van der Waals surface area contributed by atoms with Crippen LogP contribution >= 0.6 is 15.9 Å². The van der Waals surface area contributed by atoms with Gasteiger partial charge in [0.1, 0.15) is 5.82 Å². The molecule has 7 nitrogen and oxygen atoms in total. The van der Waals surface area contributed by atoms with E-state index in [1.54, 1.807) is 42.0 Å². The summed E-state index contributed by atoms with van der Waals surface area (Å²) < 4.78 is 0.941. The van der Waals surface area contributed by atoms with Crippen molar-refractivity contribution in [3.05, 3.63) is 75.8 Å². The van der Waals surface area contributed by atoms with Gasteiger partial charge in [0, 0.05) is 15.2 Å². The third-order valence-electron chi connectivity index (χ3n) is 5.84. The van der Waals surface area contributed by atoms with E-state index in [-0.39, 0.29) is 0 Å². The molecule has 0 aliphatic carbocycles. The number of rotatable bonds is 2. The number of hydrogen-bond donors (Lipinski definition) is 2. The van der Waals surface area contributed by atoms with E-state index < -0.39 is 5.60 Å². The third-order valence-corrected chi connectivity index (χ3v) is 6.54. The zero-order valence-corrected chi connectivity index (χ0v) is 22.1. The van der Waals surface area contributed by atoms with Gasteiger partial charge in [-0.05, 0) is 60.5 Å². The van der Waals surface area contributed by atoms with Crippen molar-refractivity contribution in [2.45, 2.75) is 19.4 Å². The monoisotopic (exact) mass is 595 g/mol. The number of aromatic amines is 1. The molecule has 0 saturated carbocycles. The maximum absolute atomic E-state index is 10.6. The van der Waals surface area contributed by atoms with Gasteiger partial charge in [-0.25, -0.2) is 4.98 Å². The maximum atomic E-state index is 10.6. The van der Waals surface area contributed by atoms with Crippen LogP contribution < -0.4 is 0 Å². The van der Waals surface area contributed by atoms with Crippen molar-refractivity contribution in [2.24, 2.45) is 0 Å². The van der Waals surface area contributed by atoms with Gasteiger partial charge < -0.3 is 10.1 Å². The van der Waals surface area contributed by atoms with E-state index >= 15 is 0 Å². The van der Waals surface area contributed by atoms with Crippen LogP contribution in [-0.2, 0) is 20.6 Å². The van der Waals surface area contributed by atoms with E-state index in [1.807, 2.05) is 36.4 Å². The molecule has 1 heterocycles. The predicted molar refractivity (Wildman–Crippen MR) is 140 cm³/mol. The van der Waals surface area contributed by atoms with Crippen molar-refractivity contribution in [1.29, 1.82) is 21.0 Å². The van der Waals surface area contributed by atoms with Gasteiger partial charge in [-0.2, -0.15) is 10.5 Å². The standard InChI is InChI=1S/C26H17BrN4O.2CN.Cu/c1-26(2,32)16-6-8-18-20(10-16)21-11-17(27)7-9-19(21)24-23(18)30-25(31-24)22-14(12-28)4-3-5-15(22)13-29;2*1-2;/h3-11,32H,1-2H3,(H,30,31);;;. The Labute approximate surface area is 227 Å². The number of nitrogens with one attached hydrogen (secondary N) is 1. The van der Waals surface area contributed by atoms with Crippen LogP contribution in [0.25, 0.3) is 44.0 Å². The van der Waals surface area contributed by atoms with E-state index in [1.165, 1.54) is 0 Å². The molecule has 37 heavy (non-hydrogen) atoms. The number of halogens is 1. The van der Waals surface area contributed by atoms with Crippen molar-refractivity contribution in [3.8, 4) is 33.5 Å². The number of aromatic nitrogens is 2. The molecule has 2 N–H and O–H groups in total. The summed E-state index contributed by atoms with van der Waals surface area (Å²) in [6.07, 6.45) is 0. The Hall–Kier alpha value is -4.21. The van der Waals surface area contributed by atoms with Crippen LogP contribution in [0.4, 0.5) is 0 Å². The van der Waals surface area contributed by atoms with Gasteiger partial charge in [-0.15, -0.1) is 0 Å². The molecule has 0 spiro atoms. The molecule has 0 aliphatic heterocycles. The number of benzene rings is 4. The Bertz CT molecular complexity index is 1820. The number of H-pyrrole nitrogens is 1. The van der Waals surface area contributed by atoms with Gasteiger partial charge >= 0.3 is 35.4 Å². The fourth-order valence-corrected chi connectivity index (χ4v) is 4.61. The Morgan fingerprint density at radius 1 is 0.865 bits per heavy atom. The van der Waals surface area contributed by atoms with Gasteiger partial charge in [0.05, 0.1) is 45.5 Å². The molecule has 0 bridgehead atoms. The number of imidazole rings is 1. The van der Waals surface area contributed by atoms with Gasteiger partial charge in [0.15, 0.2) is 0 Å². The van der Waals surface area contributed by atoms with E-state index in [2.05, 4.69) is 33.1 Å². The van der Waals surface area contributed by atoms with Crippen LogP contribution in [-0.4, -0.2) is 15.1 Å². The molecule has 0 saturated heterocycles. The van der Waals surface area contributed by atoms with Crippen LogP contribution in [0.1, 0.15) is 30.5 Å². The molecule has 0 atom stereocenters. The molecule has 5 aromatic rings. The Balaban J connectivity index is 0.000000586. The average molecular weight is 597 g/mol. The zero-order chi connectivity index (χ0) is 26.7. The normalized spacial score (nSPS) is 10.8. The van der Waals surface area contributed by atoms with Crippen LogP contribution in [0.3, 0.4) is 0 Å². The van der Waals surface area contributed by atoms with E-state index in [9.17, 15) is 15.6 Å². The molecule has 4 aromatic carbocycles. The molecule has 183 valence electrons. The van der Waals surface area contributed by atoms with Gasteiger partial charge in [0.25, 0.3) is 0 Å². The van der Waals surface area contributed by atoms with Crippen LogP contribution in [0.15, 0.2) is 59.1 Å². The van der Waals surface area contributed by atoms with Gasteiger partial charge in [-0.1, -0.05) is 40.2 Å². The SMILES string of the molecule is CC(C)(O)c1ccc2c(c1)c1cc(Br)ccc1c1nc(-c3c(C#N)cccc3C#N)[nH]c21.N#[C][Cu][C]#N. The summed E-state index contributed by atoms with van der Waals surface area (Å²) in [5, 5.41) is 48.8. The second-order valence-electron chi connectivity index (χ2n) is 8.48. The topological polar surface area (TPSA) is 144 Å². The second-order valence-corrected chi connectivity index (χ2v) is 10.1. The van der Waals surface area contributed by atoms with Gasteiger partial charge in [-0.3, -0.25) is 0 Å². The second kappa shape index (κ2) is 10.4. The van der Waals surface area contributed by atoms with Crippen molar-refractivity contribution >= 4 is 48.5 Å². The average Bonchev–Trinajstić information content (AvgIpc) is 3.33. The van der Waals surface area contributed by atoms with E-state index in [0.29, 0.717) is 37.5 Å². The molecular weight excluding hydrogens is 580 g/mol. The van der Waals surface area contributed by atoms with Crippen LogP contribution in [0.2, 0.25) is 0 Å². The Morgan fingerprint density at radius 2 is 1.49 bits per heavy atom. The van der Waals surface area contributed by atoms with E-state index in [0.717, 1.165) is 42.6 Å². The molecule has 0 amide bonds. The first-order valence-corrected chi connectivity index (χ1v) is 12.5. The summed E-state index contributed by atoms with van der Waals surface area (Å²) in [6.45, 7) is 3.53. The Kier molecular flexibility index (Phi) is 7.28. The number of nitriles is 4. The molecule has 9 heteroatoms. The fourth-order valence-electron chi connectivity index (χ4n) is 4.20. The molecular formula is C28H17BrCuN6O. The molecule has 0 radical (unpaired) electrons. The van der Waals surface area contributed by atoms with Crippen LogP contribution in [0.5, 0.6) is 0 Å². The molecule has 1 aromatic heterocycles. The van der Waals surface area contributed by atoms with Crippen molar-refractivity contribution in [2.75, 3.05) is 0 Å². The molecule has 5 rings (SSSR count). The van der Waals surface area contributed by atoms with Crippen LogP contribution in [0, 0.1) is 43.1 Å². The number of hydrogen-bond acceptors (Lipinski definition) is 6. The first kappa shape index (κ1) is 25.9. The minimum absolute atomic E-state index is 0.392. The van der Waals surface area contributed by atoms with Crippen molar-refractivity contribution in [3.63, 3.8) is 0 Å². The van der Waals surface area contributed by atoms with Gasteiger partial charge in [0.2, 0.25) is 0 Å². The zero-order valence-electron chi connectivity index (χ0n) is 19.6. The minimum atomic E-state index is -0.978. The molecule has 0 aliphatic rings. The van der Waals surface area contributed by atoms with E-state index in [4.69, 9.17) is 15.5 Å². The van der Waals surface area contributed by atoms with Crippen molar-refractivity contribution < 1.29 is 20.1 Å². The summed E-state index contributed by atoms with van der Waals surface area (Å²) in [7, 11) is 0. The summed E-state index contributed by atoms with van der Waals surface area (Å²) in [5.74, 6) is 0.483. The van der Waals surface area contributed by atoms with Crippen molar-refractivity contribution in [1.82, 2.24) is 9.97 Å². The number of fused-ring (bicyclic) bond motifs is 6.